The van der Waals surface area contributed by atoms with Crippen LogP contribution in [0.5, 0.6) is 0 Å². The maximum atomic E-state index is 12.4. The standard InChI is InChI=1S/C13H27N3O/c1-7-13(4)12(17)16(9-14-13)11(10(2)3)8-15(5)6/h10-11,14H,7-9H2,1-6H3. The van der Waals surface area contributed by atoms with Gasteiger partial charge < -0.3 is 9.80 Å². The van der Waals surface area contributed by atoms with Crippen LogP contribution in [0.4, 0.5) is 0 Å². The van der Waals surface area contributed by atoms with Crippen molar-refractivity contribution in [3.63, 3.8) is 0 Å². The van der Waals surface area contributed by atoms with Crippen molar-refractivity contribution in [2.75, 3.05) is 27.3 Å². The van der Waals surface area contributed by atoms with E-state index in [1.807, 2.05) is 11.8 Å². The van der Waals surface area contributed by atoms with Crippen molar-refractivity contribution in [3.8, 4) is 0 Å². The third-order valence-electron chi connectivity index (χ3n) is 3.80. The van der Waals surface area contributed by atoms with Gasteiger partial charge in [-0.2, -0.15) is 0 Å². The number of carbonyl (C=O) groups is 1. The zero-order valence-electron chi connectivity index (χ0n) is 12.1. The summed E-state index contributed by atoms with van der Waals surface area (Å²) < 4.78 is 0. The number of hydrogen-bond acceptors (Lipinski definition) is 3. The van der Waals surface area contributed by atoms with Gasteiger partial charge in [-0.15, -0.1) is 0 Å². The number of nitrogens with one attached hydrogen (secondary N) is 1. The number of amides is 1. The van der Waals surface area contributed by atoms with Crippen LogP contribution in [0.3, 0.4) is 0 Å². The van der Waals surface area contributed by atoms with Crippen LogP contribution in [0.15, 0.2) is 0 Å². The van der Waals surface area contributed by atoms with Crippen molar-refractivity contribution in [2.24, 2.45) is 5.92 Å². The van der Waals surface area contributed by atoms with Crippen LogP contribution in [0.25, 0.3) is 0 Å². The summed E-state index contributed by atoms with van der Waals surface area (Å²) in [6.07, 6.45) is 0.842. The number of rotatable bonds is 5. The highest BCUT2D eigenvalue weighted by atomic mass is 16.2. The molecule has 1 heterocycles. The molecule has 0 aromatic heterocycles. The minimum absolute atomic E-state index is 0.251. The van der Waals surface area contributed by atoms with Crippen molar-refractivity contribution in [3.05, 3.63) is 0 Å². The second-order valence-corrected chi connectivity index (χ2v) is 5.87. The summed E-state index contributed by atoms with van der Waals surface area (Å²) in [5, 5.41) is 3.35. The van der Waals surface area contributed by atoms with Crippen LogP contribution in [0.2, 0.25) is 0 Å². The molecule has 1 fully saturated rings. The maximum Gasteiger partial charge on any atom is 0.243 e. The lowest BCUT2D eigenvalue weighted by molar-refractivity contribution is -0.135. The molecule has 1 amide bonds. The van der Waals surface area contributed by atoms with E-state index in [0.29, 0.717) is 18.6 Å². The van der Waals surface area contributed by atoms with Crippen LogP contribution < -0.4 is 5.32 Å². The van der Waals surface area contributed by atoms with Gasteiger partial charge in [0.2, 0.25) is 5.91 Å². The zero-order chi connectivity index (χ0) is 13.2. The van der Waals surface area contributed by atoms with E-state index in [4.69, 9.17) is 0 Å². The van der Waals surface area contributed by atoms with Crippen LogP contribution in [0, 0.1) is 5.92 Å². The van der Waals surface area contributed by atoms with Crippen LogP contribution in [-0.4, -0.2) is 54.6 Å². The summed E-state index contributed by atoms with van der Waals surface area (Å²) in [7, 11) is 4.12. The Hall–Kier alpha value is -0.610. The molecule has 1 aliphatic rings. The Balaban J connectivity index is 2.81. The highest BCUT2D eigenvalue weighted by Crippen LogP contribution is 2.24. The summed E-state index contributed by atoms with van der Waals surface area (Å²) in [5.74, 6) is 0.725. The monoisotopic (exact) mass is 241 g/mol. The number of carbonyl (C=O) groups excluding carboxylic acids is 1. The van der Waals surface area contributed by atoms with Gasteiger partial charge in [0.25, 0.3) is 0 Å². The molecule has 1 aliphatic heterocycles. The van der Waals surface area contributed by atoms with Gasteiger partial charge in [-0.1, -0.05) is 20.8 Å². The van der Waals surface area contributed by atoms with Crippen molar-refractivity contribution >= 4 is 5.91 Å². The molecule has 0 saturated carbocycles. The Morgan fingerprint density at radius 2 is 2.06 bits per heavy atom. The number of hydrogen-bond donors (Lipinski definition) is 1. The Labute approximate surface area is 105 Å². The molecule has 4 heteroatoms. The van der Waals surface area contributed by atoms with Gasteiger partial charge in [0, 0.05) is 12.6 Å². The quantitative estimate of drug-likeness (QED) is 0.784. The van der Waals surface area contributed by atoms with Crippen LogP contribution in [-0.2, 0) is 4.79 Å². The summed E-state index contributed by atoms with van der Waals surface area (Å²) in [5.41, 5.74) is -0.362. The van der Waals surface area contributed by atoms with E-state index in [9.17, 15) is 4.79 Å². The summed E-state index contributed by atoms with van der Waals surface area (Å²) >= 11 is 0. The third kappa shape index (κ3) is 2.99. The highest BCUT2D eigenvalue weighted by molar-refractivity contribution is 5.88. The van der Waals surface area contributed by atoms with Crippen molar-refractivity contribution in [2.45, 2.75) is 45.7 Å². The second-order valence-electron chi connectivity index (χ2n) is 5.87. The van der Waals surface area contributed by atoms with Gasteiger partial charge in [-0.25, -0.2) is 0 Å². The van der Waals surface area contributed by atoms with Gasteiger partial charge in [0.15, 0.2) is 0 Å². The average molecular weight is 241 g/mol. The van der Waals surface area contributed by atoms with Gasteiger partial charge >= 0.3 is 0 Å². The molecule has 17 heavy (non-hydrogen) atoms. The Morgan fingerprint density at radius 3 is 2.41 bits per heavy atom. The van der Waals surface area contributed by atoms with Crippen LogP contribution in [0.1, 0.15) is 34.1 Å². The third-order valence-corrected chi connectivity index (χ3v) is 3.80. The zero-order valence-corrected chi connectivity index (χ0v) is 12.1. The number of nitrogens with zero attached hydrogens (tertiary/aromatic N) is 2. The fourth-order valence-electron chi connectivity index (χ4n) is 2.31. The van der Waals surface area contributed by atoms with E-state index in [1.54, 1.807) is 0 Å². The van der Waals surface area contributed by atoms with Gasteiger partial charge in [-0.05, 0) is 33.4 Å². The maximum absolute atomic E-state index is 12.4. The molecule has 2 unspecified atom stereocenters. The molecular weight excluding hydrogens is 214 g/mol. The van der Waals surface area contributed by atoms with Crippen LogP contribution >= 0.6 is 0 Å². The van der Waals surface area contributed by atoms with Crippen molar-refractivity contribution < 1.29 is 4.79 Å². The molecule has 1 saturated heterocycles. The topological polar surface area (TPSA) is 35.6 Å². The SMILES string of the molecule is CCC1(C)NCN(C(CN(C)C)C(C)C)C1=O. The lowest BCUT2D eigenvalue weighted by Crippen LogP contribution is -2.49. The van der Waals surface area contributed by atoms with Gasteiger partial charge in [-0.3, -0.25) is 10.1 Å². The predicted octanol–water partition coefficient (Wildman–Crippen LogP) is 1.13. The first-order valence-corrected chi connectivity index (χ1v) is 6.52. The normalized spacial score (nSPS) is 27.3. The Kier molecular flexibility index (Phi) is 4.55. The minimum atomic E-state index is -0.362. The molecule has 0 aromatic carbocycles. The fraction of sp³-hybridized carbons (Fsp3) is 0.923. The van der Waals surface area contributed by atoms with E-state index in [1.165, 1.54) is 0 Å². The molecule has 4 nitrogen and oxygen atoms in total. The summed E-state index contributed by atoms with van der Waals surface area (Å²) in [6.45, 7) is 10.0. The molecular formula is C13H27N3O. The van der Waals surface area contributed by atoms with E-state index in [2.05, 4.69) is 45.1 Å². The molecule has 0 spiro atoms. The summed E-state index contributed by atoms with van der Waals surface area (Å²) in [4.78, 5) is 16.6. The molecule has 1 N–H and O–H groups in total. The van der Waals surface area contributed by atoms with E-state index in [-0.39, 0.29) is 11.4 Å². The predicted molar refractivity (Wildman–Crippen MR) is 70.7 cm³/mol. The van der Waals surface area contributed by atoms with Gasteiger partial charge in [0.05, 0.1) is 12.2 Å². The van der Waals surface area contributed by atoms with Crippen molar-refractivity contribution in [1.29, 1.82) is 0 Å². The molecule has 0 aliphatic carbocycles. The lowest BCUT2D eigenvalue weighted by Gasteiger charge is -2.33. The molecule has 1 rings (SSSR count). The molecule has 100 valence electrons. The van der Waals surface area contributed by atoms with E-state index in [0.717, 1.165) is 13.0 Å². The van der Waals surface area contributed by atoms with Gasteiger partial charge in [0.1, 0.15) is 0 Å². The van der Waals surface area contributed by atoms with E-state index >= 15 is 0 Å². The minimum Gasteiger partial charge on any atom is -0.324 e. The molecule has 0 aromatic rings. The average Bonchev–Trinajstić information content (AvgIpc) is 2.53. The molecule has 2 atom stereocenters. The first-order valence-electron chi connectivity index (χ1n) is 6.52. The number of likely N-dealkylation sites (N-methyl/N-ethyl adjacent to an activating group) is 1. The first-order chi connectivity index (χ1) is 7.81. The van der Waals surface area contributed by atoms with Crippen molar-refractivity contribution in [1.82, 2.24) is 15.1 Å². The molecule has 0 radical (unpaired) electrons. The molecule has 0 bridgehead atoms. The fourth-order valence-corrected chi connectivity index (χ4v) is 2.31. The first kappa shape index (κ1) is 14.5. The smallest absolute Gasteiger partial charge is 0.243 e. The largest absolute Gasteiger partial charge is 0.324 e. The Morgan fingerprint density at radius 1 is 1.47 bits per heavy atom. The lowest BCUT2D eigenvalue weighted by atomic mass is 9.97. The Bertz CT molecular complexity index is 278. The highest BCUT2D eigenvalue weighted by Gasteiger charge is 2.43. The second kappa shape index (κ2) is 5.36. The van der Waals surface area contributed by atoms with E-state index < -0.39 is 0 Å². The summed E-state index contributed by atoms with van der Waals surface area (Å²) in [6, 6.07) is 0.290.